The van der Waals surface area contributed by atoms with E-state index >= 15 is 0 Å². The molecule has 0 unspecified atom stereocenters. The second-order valence-corrected chi connectivity index (χ2v) is 3.75. The minimum absolute atomic E-state index is 0.113. The molecule has 0 fully saturated rings. The van der Waals surface area contributed by atoms with Crippen molar-refractivity contribution in [2.75, 3.05) is 5.43 Å². The average Bonchev–Trinajstić information content (AvgIpc) is 2.67. The zero-order valence-electron chi connectivity index (χ0n) is 8.23. The van der Waals surface area contributed by atoms with Crippen molar-refractivity contribution in [2.24, 2.45) is 5.84 Å². The number of rotatable bonds is 3. The first-order chi connectivity index (χ1) is 7.69. The Morgan fingerprint density at radius 2 is 2.31 bits per heavy atom. The first-order valence-corrected chi connectivity index (χ1v) is 5.06. The number of hydrogen-bond donors (Lipinski definition) is 3. The van der Waals surface area contributed by atoms with E-state index in [2.05, 4.69) is 30.6 Å². The van der Waals surface area contributed by atoms with Crippen LogP contribution in [0.1, 0.15) is 5.82 Å². The van der Waals surface area contributed by atoms with Gasteiger partial charge in [0.1, 0.15) is 10.9 Å². The molecule has 84 valence electrons. The van der Waals surface area contributed by atoms with Crippen LogP contribution in [-0.2, 0) is 0 Å². The lowest BCUT2D eigenvalue weighted by atomic mass is 10.6. The molecular weight excluding hydrogens is 233 g/mol. The van der Waals surface area contributed by atoms with E-state index in [0.717, 1.165) is 18.0 Å². The fourth-order valence-corrected chi connectivity index (χ4v) is 1.68. The molecule has 16 heavy (non-hydrogen) atoms. The number of nitrogens with zero attached hydrogens (tertiary/aromatic N) is 4. The van der Waals surface area contributed by atoms with Gasteiger partial charge in [0, 0.05) is 0 Å². The summed E-state index contributed by atoms with van der Waals surface area (Å²) in [7, 11) is 0. The van der Waals surface area contributed by atoms with Crippen LogP contribution < -0.4 is 11.3 Å². The van der Waals surface area contributed by atoms with E-state index < -0.39 is 5.82 Å². The van der Waals surface area contributed by atoms with Crippen molar-refractivity contribution in [1.82, 2.24) is 25.1 Å². The Bertz CT molecular complexity index is 499. The first kappa shape index (κ1) is 10.8. The lowest BCUT2D eigenvalue weighted by Crippen LogP contribution is -2.11. The summed E-state index contributed by atoms with van der Waals surface area (Å²) in [6.45, 7) is 1.75. The van der Waals surface area contributed by atoms with Gasteiger partial charge in [-0.3, -0.25) is 10.5 Å². The topological polar surface area (TPSA) is 105 Å². The van der Waals surface area contributed by atoms with Crippen molar-refractivity contribution in [3.8, 4) is 0 Å². The molecule has 2 aromatic rings. The van der Waals surface area contributed by atoms with Crippen LogP contribution in [0.15, 0.2) is 16.4 Å². The van der Waals surface area contributed by atoms with Gasteiger partial charge in [-0.25, -0.2) is 25.2 Å². The van der Waals surface area contributed by atoms with Crippen molar-refractivity contribution in [3.05, 3.63) is 17.8 Å². The Morgan fingerprint density at radius 1 is 1.50 bits per heavy atom. The highest BCUT2D eigenvalue weighted by Gasteiger charge is 2.11. The van der Waals surface area contributed by atoms with Crippen molar-refractivity contribution >= 4 is 17.7 Å². The molecule has 4 N–H and O–H groups in total. The van der Waals surface area contributed by atoms with Crippen LogP contribution in [0.25, 0.3) is 0 Å². The molecule has 0 saturated carbocycles. The predicted octanol–water partition coefficient (Wildman–Crippen LogP) is 0.479. The Labute approximate surface area is 94.1 Å². The summed E-state index contributed by atoms with van der Waals surface area (Å²) in [4.78, 5) is 11.5. The molecule has 9 heteroatoms. The van der Waals surface area contributed by atoms with Crippen molar-refractivity contribution in [1.29, 1.82) is 0 Å². The zero-order chi connectivity index (χ0) is 11.5. The Hall–Kier alpha value is -1.74. The van der Waals surface area contributed by atoms with E-state index in [4.69, 9.17) is 5.84 Å². The molecule has 2 aromatic heterocycles. The van der Waals surface area contributed by atoms with Gasteiger partial charge < -0.3 is 0 Å². The van der Waals surface area contributed by atoms with Gasteiger partial charge in [-0.2, -0.15) is 0 Å². The molecule has 0 aromatic carbocycles. The number of aryl methyl sites for hydroxylation is 1. The Morgan fingerprint density at radius 3 is 2.94 bits per heavy atom. The third-order valence-corrected chi connectivity index (χ3v) is 2.45. The Kier molecular flexibility index (Phi) is 2.97. The molecule has 0 aliphatic carbocycles. The highest BCUT2D eigenvalue weighted by molar-refractivity contribution is 7.99. The van der Waals surface area contributed by atoms with Gasteiger partial charge in [0.25, 0.3) is 0 Å². The molecule has 0 aliphatic heterocycles. The number of anilines is 1. The smallest absolute Gasteiger partial charge is 0.238 e. The summed E-state index contributed by atoms with van der Waals surface area (Å²) < 4.78 is 13.3. The zero-order valence-corrected chi connectivity index (χ0v) is 9.05. The minimum Gasteiger partial charge on any atom is -0.292 e. The number of nitrogens with two attached hydrogens (primary N) is 1. The maximum atomic E-state index is 13.3. The maximum Gasteiger partial charge on any atom is 0.238 e. The molecule has 2 heterocycles. The quantitative estimate of drug-likeness (QED) is 0.407. The molecule has 7 nitrogen and oxygen atoms in total. The standard InChI is InChI=1S/C7H8FN7S/c1-3-11-7(15-14-3)16-5-4(8)2-10-6(12-5)13-9/h2H,9H2,1H3,(H,10,12,13)(H,11,14,15). The van der Waals surface area contributed by atoms with E-state index in [1.165, 1.54) is 0 Å². The predicted molar refractivity (Wildman–Crippen MR) is 55.0 cm³/mol. The lowest BCUT2D eigenvalue weighted by Gasteiger charge is -2.01. The molecule has 0 spiro atoms. The van der Waals surface area contributed by atoms with Crippen LogP contribution in [0, 0.1) is 12.7 Å². The average molecular weight is 241 g/mol. The number of hydrazine groups is 1. The van der Waals surface area contributed by atoms with E-state index in [1.54, 1.807) is 6.92 Å². The molecular formula is C7H8FN7S. The number of nitrogens with one attached hydrogen (secondary N) is 2. The molecule has 0 radical (unpaired) electrons. The number of H-pyrrole nitrogens is 1. The van der Waals surface area contributed by atoms with Gasteiger partial charge in [-0.05, 0) is 18.7 Å². The summed E-state index contributed by atoms with van der Waals surface area (Å²) in [5, 5.41) is 7.00. The van der Waals surface area contributed by atoms with Gasteiger partial charge in [0.05, 0.1) is 6.20 Å². The fraction of sp³-hybridized carbons (Fsp3) is 0.143. The van der Waals surface area contributed by atoms with Gasteiger partial charge in [0.15, 0.2) is 5.82 Å². The SMILES string of the molecule is Cc1nc(Sc2nc(NN)ncc2F)n[nH]1. The van der Waals surface area contributed by atoms with Gasteiger partial charge >= 0.3 is 0 Å². The number of aromatic nitrogens is 5. The summed E-state index contributed by atoms with van der Waals surface area (Å²) >= 11 is 0.989. The number of hydrogen-bond acceptors (Lipinski definition) is 7. The van der Waals surface area contributed by atoms with Gasteiger partial charge in [0.2, 0.25) is 11.1 Å². The van der Waals surface area contributed by atoms with Crippen LogP contribution in [0.5, 0.6) is 0 Å². The monoisotopic (exact) mass is 241 g/mol. The lowest BCUT2D eigenvalue weighted by molar-refractivity contribution is 0.579. The third-order valence-electron chi connectivity index (χ3n) is 1.61. The summed E-state index contributed by atoms with van der Waals surface area (Å²) in [6, 6.07) is 0. The minimum atomic E-state index is -0.550. The number of aromatic amines is 1. The van der Waals surface area contributed by atoms with E-state index in [-0.39, 0.29) is 11.0 Å². The second kappa shape index (κ2) is 4.41. The van der Waals surface area contributed by atoms with Gasteiger partial charge in [-0.1, -0.05) is 0 Å². The van der Waals surface area contributed by atoms with Crippen LogP contribution in [0.2, 0.25) is 0 Å². The second-order valence-electron chi connectivity index (χ2n) is 2.80. The Balaban J connectivity index is 2.26. The maximum absolute atomic E-state index is 13.3. The number of nitrogen functional groups attached to an aromatic ring is 1. The normalized spacial score (nSPS) is 10.4. The highest BCUT2D eigenvalue weighted by Crippen LogP contribution is 2.25. The van der Waals surface area contributed by atoms with Crippen molar-refractivity contribution in [2.45, 2.75) is 17.1 Å². The molecule has 0 saturated heterocycles. The van der Waals surface area contributed by atoms with E-state index in [1.807, 2.05) is 0 Å². The highest BCUT2D eigenvalue weighted by atomic mass is 32.2. The molecule has 0 bridgehead atoms. The summed E-state index contributed by atoms with van der Waals surface area (Å²) in [5.41, 5.74) is 2.23. The van der Waals surface area contributed by atoms with Gasteiger partial charge in [-0.15, -0.1) is 5.10 Å². The van der Waals surface area contributed by atoms with Crippen molar-refractivity contribution < 1.29 is 4.39 Å². The van der Waals surface area contributed by atoms with Crippen LogP contribution in [0.3, 0.4) is 0 Å². The molecule has 0 aliphatic rings. The summed E-state index contributed by atoms with van der Waals surface area (Å²) in [5.74, 6) is 5.36. The first-order valence-electron chi connectivity index (χ1n) is 4.25. The van der Waals surface area contributed by atoms with E-state index in [0.29, 0.717) is 11.0 Å². The summed E-state index contributed by atoms with van der Waals surface area (Å²) in [6.07, 6.45) is 1.03. The fourth-order valence-electron chi connectivity index (χ4n) is 0.947. The van der Waals surface area contributed by atoms with Crippen LogP contribution in [0.4, 0.5) is 10.3 Å². The largest absolute Gasteiger partial charge is 0.292 e. The molecule has 2 rings (SSSR count). The van der Waals surface area contributed by atoms with E-state index in [9.17, 15) is 4.39 Å². The van der Waals surface area contributed by atoms with Crippen LogP contribution >= 0.6 is 11.8 Å². The number of halogens is 1. The molecule has 0 amide bonds. The van der Waals surface area contributed by atoms with Crippen LogP contribution in [-0.4, -0.2) is 25.1 Å². The third kappa shape index (κ3) is 2.25. The molecule has 0 atom stereocenters. The van der Waals surface area contributed by atoms with Crippen molar-refractivity contribution in [3.63, 3.8) is 0 Å².